The van der Waals surface area contributed by atoms with Crippen LogP contribution in [0.3, 0.4) is 0 Å². The minimum Gasteiger partial charge on any atom is -0.493 e. The molecule has 0 fully saturated rings. The van der Waals surface area contributed by atoms with Crippen molar-refractivity contribution in [1.29, 1.82) is 0 Å². The Labute approximate surface area is 190 Å². The number of nitrogens with zero attached hydrogens (tertiary/aromatic N) is 4. The summed E-state index contributed by atoms with van der Waals surface area (Å²) in [4.78, 5) is 20.0. The fraction of sp³-hybridized carbons (Fsp3) is 0.261. The van der Waals surface area contributed by atoms with Gasteiger partial charge in [0.25, 0.3) is 5.91 Å². The Balaban J connectivity index is 1.72. The summed E-state index contributed by atoms with van der Waals surface area (Å²) in [7, 11) is 3.11. The number of fused-ring (bicyclic) bond motifs is 1. The molecule has 9 heteroatoms. The van der Waals surface area contributed by atoms with Crippen molar-refractivity contribution in [3.05, 3.63) is 60.4 Å². The number of anilines is 1. The van der Waals surface area contributed by atoms with Crippen LogP contribution in [0.15, 0.2) is 54.9 Å². The predicted octanol–water partition coefficient (Wildman–Crippen LogP) is 4.26. The first kappa shape index (κ1) is 21.6. The van der Waals surface area contributed by atoms with Crippen molar-refractivity contribution in [3.8, 4) is 17.2 Å². The van der Waals surface area contributed by atoms with Gasteiger partial charge < -0.3 is 14.2 Å². The zero-order valence-corrected chi connectivity index (χ0v) is 19.0. The summed E-state index contributed by atoms with van der Waals surface area (Å²) in [5, 5.41) is 4.85. The molecule has 0 saturated carbocycles. The van der Waals surface area contributed by atoms with Gasteiger partial charge in [0.2, 0.25) is 0 Å². The number of methoxy groups -OCH3 is 2. The average molecular weight is 453 g/mol. The maximum atomic E-state index is 13.6. The number of para-hydroxylation sites is 1. The van der Waals surface area contributed by atoms with Gasteiger partial charge in [-0.05, 0) is 43.3 Å². The summed E-state index contributed by atoms with van der Waals surface area (Å²) in [6, 6.07) is 12.8. The fourth-order valence-corrected chi connectivity index (χ4v) is 4.35. The molecule has 0 atom stereocenters. The normalized spacial score (nSPS) is 10.8. The number of rotatable bonds is 9. The van der Waals surface area contributed by atoms with Crippen molar-refractivity contribution in [3.63, 3.8) is 0 Å². The van der Waals surface area contributed by atoms with Gasteiger partial charge in [-0.3, -0.25) is 14.4 Å². The van der Waals surface area contributed by atoms with Gasteiger partial charge >= 0.3 is 0 Å². The van der Waals surface area contributed by atoms with E-state index in [1.54, 1.807) is 48.2 Å². The molecule has 2 aromatic carbocycles. The minimum absolute atomic E-state index is 0.185. The lowest BCUT2D eigenvalue weighted by molar-refractivity contribution is 0.0985. The number of amides is 1. The van der Waals surface area contributed by atoms with Crippen LogP contribution in [0.2, 0.25) is 0 Å². The summed E-state index contributed by atoms with van der Waals surface area (Å²) < 4.78 is 19.2. The zero-order valence-electron chi connectivity index (χ0n) is 18.1. The largest absolute Gasteiger partial charge is 0.493 e. The third-order valence-corrected chi connectivity index (χ3v) is 5.93. The van der Waals surface area contributed by atoms with E-state index in [1.807, 2.05) is 37.4 Å². The number of hydrogen-bond acceptors (Lipinski definition) is 7. The van der Waals surface area contributed by atoms with Crippen molar-refractivity contribution in [2.45, 2.75) is 13.5 Å². The second kappa shape index (κ2) is 9.69. The van der Waals surface area contributed by atoms with Crippen LogP contribution in [-0.2, 0) is 6.54 Å². The molecule has 4 rings (SSSR count). The van der Waals surface area contributed by atoms with Gasteiger partial charge in [0.05, 0.1) is 32.1 Å². The van der Waals surface area contributed by atoms with Crippen molar-refractivity contribution in [2.24, 2.45) is 0 Å². The van der Waals surface area contributed by atoms with Crippen LogP contribution in [0.25, 0.3) is 10.2 Å². The van der Waals surface area contributed by atoms with E-state index < -0.39 is 0 Å². The van der Waals surface area contributed by atoms with E-state index in [1.165, 1.54) is 11.3 Å². The molecule has 2 aromatic heterocycles. The average Bonchev–Trinajstić information content (AvgIpc) is 3.49. The zero-order chi connectivity index (χ0) is 22.5. The third-order valence-electron chi connectivity index (χ3n) is 4.89. The number of ether oxygens (including phenoxy) is 3. The molecule has 0 unspecified atom stereocenters. The number of benzene rings is 2. The molecule has 0 saturated heterocycles. The molecule has 8 nitrogen and oxygen atoms in total. The van der Waals surface area contributed by atoms with E-state index in [4.69, 9.17) is 19.2 Å². The molecule has 0 aliphatic carbocycles. The van der Waals surface area contributed by atoms with E-state index in [0.717, 1.165) is 10.2 Å². The van der Waals surface area contributed by atoms with Crippen LogP contribution in [0.1, 0.15) is 17.3 Å². The molecule has 0 aliphatic heterocycles. The van der Waals surface area contributed by atoms with Crippen molar-refractivity contribution in [2.75, 3.05) is 32.3 Å². The van der Waals surface area contributed by atoms with Crippen LogP contribution in [-0.4, -0.2) is 48.0 Å². The molecule has 0 N–H and O–H groups in total. The topological polar surface area (TPSA) is 78.7 Å². The molecule has 0 bridgehead atoms. The second-order valence-electron chi connectivity index (χ2n) is 6.83. The van der Waals surface area contributed by atoms with Gasteiger partial charge in [0.1, 0.15) is 11.3 Å². The molecular formula is C23H24N4O4S. The smallest absolute Gasteiger partial charge is 0.260 e. The number of aromatic nitrogens is 3. The molecule has 166 valence electrons. The number of hydrogen-bond donors (Lipinski definition) is 0. The highest BCUT2D eigenvalue weighted by Gasteiger charge is 2.23. The summed E-state index contributed by atoms with van der Waals surface area (Å²) in [5.41, 5.74) is 1.23. The number of carbonyl (C=O) groups is 1. The Hall–Kier alpha value is -3.59. The van der Waals surface area contributed by atoms with Gasteiger partial charge in [-0.2, -0.15) is 5.10 Å². The fourth-order valence-electron chi connectivity index (χ4n) is 3.34. The van der Waals surface area contributed by atoms with Crippen LogP contribution < -0.4 is 19.1 Å². The van der Waals surface area contributed by atoms with E-state index in [-0.39, 0.29) is 5.91 Å². The first-order valence-corrected chi connectivity index (χ1v) is 11.0. The Kier molecular flexibility index (Phi) is 6.55. The maximum Gasteiger partial charge on any atom is 0.260 e. The second-order valence-corrected chi connectivity index (χ2v) is 7.84. The molecule has 1 amide bonds. The Morgan fingerprint density at radius 1 is 1.09 bits per heavy atom. The molecule has 0 radical (unpaired) electrons. The summed E-state index contributed by atoms with van der Waals surface area (Å²) in [5.74, 6) is 1.58. The monoisotopic (exact) mass is 452 g/mol. The van der Waals surface area contributed by atoms with Crippen molar-refractivity contribution in [1.82, 2.24) is 14.8 Å². The van der Waals surface area contributed by atoms with E-state index >= 15 is 0 Å². The molecule has 0 aliphatic rings. The summed E-state index contributed by atoms with van der Waals surface area (Å²) in [6.45, 7) is 3.40. The Morgan fingerprint density at radius 3 is 2.66 bits per heavy atom. The minimum atomic E-state index is -0.185. The van der Waals surface area contributed by atoms with Gasteiger partial charge in [-0.1, -0.05) is 17.4 Å². The Bertz CT molecular complexity index is 1210. The first-order chi connectivity index (χ1) is 15.6. The number of carbonyl (C=O) groups excluding carboxylic acids is 1. The van der Waals surface area contributed by atoms with Gasteiger partial charge in [0.15, 0.2) is 16.6 Å². The predicted molar refractivity (Wildman–Crippen MR) is 124 cm³/mol. The number of thiazole rings is 1. The van der Waals surface area contributed by atoms with Crippen LogP contribution >= 0.6 is 11.3 Å². The molecular weight excluding hydrogens is 428 g/mol. The highest BCUT2D eigenvalue weighted by molar-refractivity contribution is 7.22. The van der Waals surface area contributed by atoms with E-state index in [9.17, 15) is 4.79 Å². The third kappa shape index (κ3) is 4.38. The summed E-state index contributed by atoms with van der Waals surface area (Å²) >= 11 is 1.45. The van der Waals surface area contributed by atoms with Crippen LogP contribution in [0.4, 0.5) is 5.13 Å². The lowest BCUT2D eigenvalue weighted by Gasteiger charge is -2.20. The van der Waals surface area contributed by atoms with E-state index in [2.05, 4.69) is 5.10 Å². The van der Waals surface area contributed by atoms with Crippen LogP contribution in [0.5, 0.6) is 17.2 Å². The standard InChI is InChI=1S/C23H24N4O4S/c1-4-31-18-7-5-8-20-21(18)25-23(32-20)27(14-13-26-12-6-11-24-26)22(28)16-9-10-17(29-2)19(15-16)30-3/h5-12,15H,4,13-14H2,1-3H3. The first-order valence-electron chi connectivity index (χ1n) is 10.2. The molecule has 0 spiro atoms. The molecule has 4 aromatic rings. The van der Waals surface area contributed by atoms with E-state index in [0.29, 0.717) is 47.6 Å². The van der Waals surface area contributed by atoms with Crippen molar-refractivity contribution < 1.29 is 19.0 Å². The Morgan fingerprint density at radius 2 is 1.94 bits per heavy atom. The molecule has 32 heavy (non-hydrogen) atoms. The quantitative estimate of drug-likeness (QED) is 0.378. The van der Waals surface area contributed by atoms with Crippen LogP contribution in [0, 0.1) is 0 Å². The lowest BCUT2D eigenvalue weighted by atomic mass is 10.1. The maximum absolute atomic E-state index is 13.6. The summed E-state index contributed by atoms with van der Waals surface area (Å²) in [6.07, 6.45) is 3.58. The van der Waals surface area contributed by atoms with Gasteiger partial charge in [-0.25, -0.2) is 4.98 Å². The van der Waals surface area contributed by atoms with Gasteiger partial charge in [0, 0.05) is 24.5 Å². The van der Waals surface area contributed by atoms with Gasteiger partial charge in [-0.15, -0.1) is 0 Å². The molecule has 2 heterocycles. The highest BCUT2D eigenvalue weighted by atomic mass is 32.1. The SMILES string of the molecule is CCOc1cccc2sc(N(CCn3cccn3)C(=O)c3ccc(OC)c(OC)c3)nc12. The van der Waals surface area contributed by atoms with Crippen molar-refractivity contribution >= 4 is 32.6 Å². The highest BCUT2D eigenvalue weighted by Crippen LogP contribution is 2.35. The lowest BCUT2D eigenvalue weighted by Crippen LogP contribution is -2.34.